The third-order valence-electron chi connectivity index (χ3n) is 5.12. The summed E-state index contributed by atoms with van der Waals surface area (Å²) >= 11 is 1.58. The summed E-state index contributed by atoms with van der Waals surface area (Å²) in [5.41, 5.74) is 11.4. The Morgan fingerprint density at radius 2 is 1.48 bits per heavy atom. The SMILES string of the molecule is CSCCC(N)C(=O)NC(C(=O)NC(CC(C)C)C(=O)NC(CCCCN)C(=O)O)C(C)C. The summed E-state index contributed by atoms with van der Waals surface area (Å²) < 4.78 is 0. The third kappa shape index (κ3) is 12.8. The summed E-state index contributed by atoms with van der Waals surface area (Å²) in [7, 11) is 0. The molecule has 0 aliphatic heterocycles. The van der Waals surface area contributed by atoms with E-state index in [0.717, 1.165) is 5.75 Å². The number of carbonyl (C=O) groups excluding carboxylic acids is 3. The fourth-order valence-electron chi connectivity index (χ4n) is 3.16. The summed E-state index contributed by atoms with van der Waals surface area (Å²) in [6.45, 7) is 7.81. The average molecular weight is 490 g/mol. The predicted molar refractivity (Wildman–Crippen MR) is 132 cm³/mol. The first-order valence-electron chi connectivity index (χ1n) is 11.5. The Morgan fingerprint density at radius 3 is 1.97 bits per heavy atom. The van der Waals surface area contributed by atoms with Crippen molar-refractivity contribution in [1.29, 1.82) is 0 Å². The molecule has 0 bridgehead atoms. The van der Waals surface area contributed by atoms with Crippen molar-refractivity contribution in [2.45, 2.75) is 84.0 Å². The van der Waals surface area contributed by atoms with Crippen molar-refractivity contribution in [1.82, 2.24) is 16.0 Å². The van der Waals surface area contributed by atoms with Crippen molar-refractivity contribution in [3.05, 3.63) is 0 Å². The zero-order valence-corrected chi connectivity index (χ0v) is 21.4. The lowest BCUT2D eigenvalue weighted by Crippen LogP contribution is -2.58. The molecule has 0 saturated carbocycles. The van der Waals surface area contributed by atoms with Gasteiger partial charge in [-0.1, -0.05) is 27.7 Å². The Bertz CT molecular complexity index is 632. The number of unbranched alkanes of at least 4 members (excludes halogenated alkanes) is 1. The zero-order valence-electron chi connectivity index (χ0n) is 20.6. The number of hydrogen-bond donors (Lipinski definition) is 6. The van der Waals surface area contributed by atoms with Crippen molar-refractivity contribution in [3.63, 3.8) is 0 Å². The number of amides is 3. The molecular weight excluding hydrogens is 446 g/mol. The fraction of sp³-hybridized carbons (Fsp3) is 0.818. The number of carboxylic acids is 1. The molecule has 0 spiro atoms. The lowest BCUT2D eigenvalue weighted by Gasteiger charge is -2.27. The van der Waals surface area contributed by atoms with Crippen molar-refractivity contribution in [3.8, 4) is 0 Å². The summed E-state index contributed by atoms with van der Waals surface area (Å²) in [4.78, 5) is 49.9. The number of rotatable bonds is 17. The van der Waals surface area contributed by atoms with Crippen molar-refractivity contribution in [2.75, 3.05) is 18.6 Å². The van der Waals surface area contributed by atoms with Gasteiger partial charge in [-0.05, 0) is 62.5 Å². The fourth-order valence-corrected chi connectivity index (χ4v) is 3.65. The van der Waals surface area contributed by atoms with Gasteiger partial charge in [0.25, 0.3) is 0 Å². The van der Waals surface area contributed by atoms with Gasteiger partial charge in [0.1, 0.15) is 18.1 Å². The number of hydrogen-bond acceptors (Lipinski definition) is 7. The molecule has 0 heterocycles. The van der Waals surface area contributed by atoms with Gasteiger partial charge in [-0.3, -0.25) is 14.4 Å². The van der Waals surface area contributed by atoms with Gasteiger partial charge >= 0.3 is 5.97 Å². The van der Waals surface area contributed by atoms with Crippen LogP contribution in [0.5, 0.6) is 0 Å². The third-order valence-corrected chi connectivity index (χ3v) is 5.76. The number of nitrogens with one attached hydrogen (secondary N) is 3. The Balaban J connectivity index is 5.33. The quantitative estimate of drug-likeness (QED) is 0.159. The van der Waals surface area contributed by atoms with Gasteiger partial charge in [0.05, 0.1) is 6.04 Å². The number of carboxylic acid groups (broad SMARTS) is 1. The molecule has 0 aromatic carbocycles. The number of thioether (sulfide) groups is 1. The molecule has 3 amide bonds. The highest BCUT2D eigenvalue weighted by molar-refractivity contribution is 7.98. The van der Waals surface area contributed by atoms with E-state index < -0.39 is 47.9 Å². The van der Waals surface area contributed by atoms with Crippen LogP contribution in [0.25, 0.3) is 0 Å². The molecule has 4 atom stereocenters. The van der Waals surface area contributed by atoms with E-state index in [0.29, 0.717) is 32.2 Å². The molecule has 192 valence electrons. The van der Waals surface area contributed by atoms with Gasteiger partial charge in [0.15, 0.2) is 0 Å². The highest BCUT2D eigenvalue weighted by Gasteiger charge is 2.31. The average Bonchev–Trinajstić information content (AvgIpc) is 2.73. The molecular formula is C22H43N5O5S. The van der Waals surface area contributed by atoms with E-state index in [4.69, 9.17) is 11.5 Å². The van der Waals surface area contributed by atoms with E-state index in [9.17, 15) is 24.3 Å². The van der Waals surface area contributed by atoms with Crippen LogP contribution >= 0.6 is 11.8 Å². The molecule has 4 unspecified atom stereocenters. The monoisotopic (exact) mass is 489 g/mol. The number of nitrogens with two attached hydrogens (primary N) is 2. The van der Waals surface area contributed by atoms with Gasteiger partial charge in [0.2, 0.25) is 17.7 Å². The topological polar surface area (TPSA) is 177 Å². The largest absolute Gasteiger partial charge is 0.480 e. The summed E-state index contributed by atoms with van der Waals surface area (Å²) in [5, 5.41) is 17.4. The van der Waals surface area contributed by atoms with Crippen LogP contribution in [-0.4, -0.2) is 71.5 Å². The predicted octanol–water partition coefficient (Wildman–Crippen LogP) is 0.437. The molecule has 0 aromatic heterocycles. The second kappa shape index (κ2) is 16.7. The summed E-state index contributed by atoms with van der Waals surface area (Å²) in [5.74, 6) is -2.09. The van der Waals surface area contributed by atoms with Crippen LogP contribution in [0.1, 0.15) is 59.8 Å². The van der Waals surface area contributed by atoms with E-state index in [2.05, 4.69) is 16.0 Å². The molecule has 33 heavy (non-hydrogen) atoms. The Labute approximate surface area is 201 Å². The van der Waals surface area contributed by atoms with Crippen molar-refractivity contribution in [2.24, 2.45) is 23.3 Å². The van der Waals surface area contributed by atoms with E-state index in [1.807, 2.05) is 20.1 Å². The molecule has 0 aromatic rings. The smallest absolute Gasteiger partial charge is 0.326 e. The maximum Gasteiger partial charge on any atom is 0.326 e. The lowest BCUT2D eigenvalue weighted by atomic mass is 9.99. The molecule has 0 aliphatic rings. The maximum atomic E-state index is 13.0. The highest BCUT2D eigenvalue weighted by Crippen LogP contribution is 2.10. The Kier molecular flexibility index (Phi) is 15.8. The second-order valence-corrected chi connectivity index (χ2v) is 9.98. The number of aliphatic carboxylic acids is 1. The first-order valence-corrected chi connectivity index (χ1v) is 12.9. The minimum atomic E-state index is -1.14. The van der Waals surface area contributed by atoms with Crippen LogP contribution in [0.2, 0.25) is 0 Å². The summed E-state index contributed by atoms with van der Waals surface area (Å²) in [6, 6.07) is -3.60. The molecule has 8 N–H and O–H groups in total. The van der Waals surface area contributed by atoms with E-state index in [1.165, 1.54) is 0 Å². The normalized spacial score (nSPS) is 14.9. The molecule has 0 radical (unpaired) electrons. The summed E-state index contributed by atoms with van der Waals surface area (Å²) in [6.07, 6.45) is 4.19. The highest BCUT2D eigenvalue weighted by atomic mass is 32.2. The van der Waals surface area contributed by atoms with Crippen molar-refractivity contribution >= 4 is 35.5 Å². The van der Waals surface area contributed by atoms with Crippen LogP contribution in [0.15, 0.2) is 0 Å². The minimum Gasteiger partial charge on any atom is -0.480 e. The van der Waals surface area contributed by atoms with Gasteiger partial charge in [-0.2, -0.15) is 11.8 Å². The van der Waals surface area contributed by atoms with E-state index in [-0.39, 0.29) is 18.3 Å². The second-order valence-electron chi connectivity index (χ2n) is 8.99. The first kappa shape index (κ1) is 31.1. The Morgan fingerprint density at radius 1 is 0.879 bits per heavy atom. The van der Waals surface area contributed by atoms with Crippen LogP contribution < -0.4 is 27.4 Å². The molecule has 0 fully saturated rings. The molecule has 0 rings (SSSR count). The van der Waals surface area contributed by atoms with Crippen LogP contribution in [0.4, 0.5) is 0 Å². The first-order chi connectivity index (χ1) is 15.4. The van der Waals surface area contributed by atoms with Crippen LogP contribution in [0.3, 0.4) is 0 Å². The van der Waals surface area contributed by atoms with Gasteiger partial charge in [-0.15, -0.1) is 0 Å². The van der Waals surface area contributed by atoms with E-state index in [1.54, 1.807) is 25.6 Å². The van der Waals surface area contributed by atoms with Gasteiger partial charge in [-0.25, -0.2) is 4.79 Å². The molecule has 11 heteroatoms. The molecule has 10 nitrogen and oxygen atoms in total. The standard InChI is InChI=1S/C22H43N5O5S/c1-13(2)12-17(20(29)25-16(22(31)32)8-6-7-10-23)26-21(30)18(14(3)4)27-19(28)15(24)9-11-33-5/h13-18H,6-12,23-24H2,1-5H3,(H,25,29)(H,26,30)(H,27,28)(H,31,32). The maximum absolute atomic E-state index is 13.0. The van der Waals surface area contributed by atoms with Gasteiger partial charge < -0.3 is 32.5 Å². The van der Waals surface area contributed by atoms with Crippen LogP contribution in [0, 0.1) is 11.8 Å². The van der Waals surface area contributed by atoms with E-state index >= 15 is 0 Å². The number of carbonyl (C=O) groups is 4. The minimum absolute atomic E-state index is 0.0635. The lowest BCUT2D eigenvalue weighted by molar-refractivity contribution is -0.142. The zero-order chi connectivity index (χ0) is 25.6. The van der Waals surface area contributed by atoms with Crippen LogP contribution in [-0.2, 0) is 19.2 Å². The van der Waals surface area contributed by atoms with Gasteiger partial charge in [0, 0.05) is 0 Å². The molecule has 0 saturated heterocycles. The molecule has 0 aliphatic carbocycles. The Hall–Kier alpha value is -1.85. The van der Waals surface area contributed by atoms with Crippen molar-refractivity contribution < 1.29 is 24.3 Å².